The van der Waals surface area contributed by atoms with Gasteiger partial charge in [0.05, 0.1) is 10.8 Å². The van der Waals surface area contributed by atoms with Crippen molar-refractivity contribution >= 4 is 39.1 Å². The normalized spacial score (nSPS) is 16.4. The number of carbonyl (C=O) groups is 2. The Labute approximate surface area is 194 Å². The molecule has 0 saturated carbocycles. The summed E-state index contributed by atoms with van der Waals surface area (Å²) >= 11 is 5.81. The molecule has 1 atom stereocenters. The monoisotopic (exact) mass is 477 g/mol. The van der Waals surface area contributed by atoms with Gasteiger partial charge in [-0.15, -0.1) is 0 Å². The van der Waals surface area contributed by atoms with Crippen molar-refractivity contribution in [2.24, 2.45) is 5.92 Å². The van der Waals surface area contributed by atoms with Crippen LogP contribution in [0.2, 0.25) is 5.02 Å². The highest BCUT2D eigenvalue weighted by Gasteiger charge is 2.28. The van der Waals surface area contributed by atoms with E-state index in [0.717, 1.165) is 25.7 Å². The smallest absolute Gasteiger partial charge is 0.261 e. The lowest BCUT2D eigenvalue weighted by Crippen LogP contribution is -2.45. The topological polar surface area (TPSA) is 95.6 Å². The van der Waals surface area contributed by atoms with Gasteiger partial charge in [0.15, 0.2) is 0 Å². The largest absolute Gasteiger partial charge is 0.356 e. The van der Waals surface area contributed by atoms with Crippen LogP contribution >= 0.6 is 11.6 Å². The highest BCUT2D eigenvalue weighted by atomic mass is 35.5. The predicted molar refractivity (Wildman–Crippen MR) is 125 cm³/mol. The minimum atomic E-state index is -3.76. The van der Waals surface area contributed by atoms with E-state index >= 15 is 0 Å². The SMILES string of the molecule is CCCCNC(=O)[C@@H]1CCCN(C(=O)c2ccc(NS(=O)(=O)c3ccc(Cl)cc3)cc2)C1. The molecule has 1 aliphatic heterocycles. The Kier molecular flexibility index (Phi) is 8.15. The summed E-state index contributed by atoms with van der Waals surface area (Å²) in [6, 6.07) is 12.2. The second-order valence-electron chi connectivity index (χ2n) is 7.87. The number of sulfonamides is 1. The van der Waals surface area contributed by atoms with E-state index in [1.165, 1.54) is 24.3 Å². The summed E-state index contributed by atoms with van der Waals surface area (Å²) in [5.41, 5.74) is 0.801. The van der Waals surface area contributed by atoms with Crippen LogP contribution in [0.4, 0.5) is 5.69 Å². The number of likely N-dealkylation sites (tertiary alicyclic amines) is 1. The van der Waals surface area contributed by atoms with Crippen LogP contribution in [0.15, 0.2) is 53.4 Å². The Morgan fingerprint density at radius 2 is 1.78 bits per heavy atom. The lowest BCUT2D eigenvalue weighted by molar-refractivity contribution is -0.126. The van der Waals surface area contributed by atoms with Crippen LogP contribution in [0, 0.1) is 5.92 Å². The standard InChI is InChI=1S/C23H28ClN3O4S/c1-2-3-14-25-22(28)18-5-4-15-27(16-18)23(29)17-6-10-20(11-7-17)26-32(30,31)21-12-8-19(24)9-13-21/h6-13,18,26H,2-5,14-16H2,1H3,(H,25,28)/t18-/m1/s1. The zero-order chi connectivity index (χ0) is 23.1. The van der Waals surface area contributed by atoms with Crippen LogP contribution in [0.1, 0.15) is 43.0 Å². The third-order valence-corrected chi connectivity index (χ3v) is 7.07. The van der Waals surface area contributed by atoms with Gasteiger partial charge in [-0.25, -0.2) is 8.42 Å². The van der Waals surface area contributed by atoms with Gasteiger partial charge in [-0.1, -0.05) is 24.9 Å². The Balaban J connectivity index is 1.62. The van der Waals surface area contributed by atoms with Crippen molar-refractivity contribution in [3.05, 3.63) is 59.1 Å². The Morgan fingerprint density at radius 1 is 1.09 bits per heavy atom. The number of halogens is 1. The van der Waals surface area contributed by atoms with Crippen LogP contribution < -0.4 is 10.0 Å². The number of anilines is 1. The molecule has 9 heteroatoms. The molecule has 0 spiro atoms. The molecule has 1 aliphatic rings. The zero-order valence-electron chi connectivity index (χ0n) is 18.0. The maximum atomic E-state index is 12.9. The van der Waals surface area contributed by atoms with E-state index in [0.29, 0.717) is 35.9 Å². The molecule has 2 aromatic rings. The van der Waals surface area contributed by atoms with Gasteiger partial charge >= 0.3 is 0 Å². The average Bonchev–Trinajstić information content (AvgIpc) is 2.79. The minimum Gasteiger partial charge on any atom is -0.356 e. The summed E-state index contributed by atoms with van der Waals surface area (Å²) < 4.78 is 27.5. The number of hydrogen-bond acceptors (Lipinski definition) is 4. The molecule has 172 valence electrons. The first-order valence-corrected chi connectivity index (χ1v) is 12.6. The fourth-order valence-corrected chi connectivity index (χ4v) is 4.78. The average molecular weight is 478 g/mol. The molecule has 2 N–H and O–H groups in total. The molecule has 1 fully saturated rings. The number of nitrogens with zero attached hydrogens (tertiary/aromatic N) is 1. The van der Waals surface area contributed by atoms with E-state index in [9.17, 15) is 18.0 Å². The van der Waals surface area contributed by atoms with Gasteiger partial charge in [0.2, 0.25) is 5.91 Å². The highest BCUT2D eigenvalue weighted by Crippen LogP contribution is 2.22. The summed E-state index contributed by atoms with van der Waals surface area (Å²) in [5, 5.41) is 3.40. The highest BCUT2D eigenvalue weighted by molar-refractivity contribution is 7.92. The summed E-state index contributed by atoms with van der Waals surface area (Å²) in [6.45, 7) is 3.72. The van der Waals surface area contributed by atoms with Crippen molar-refractivity contribution < 1.29 is 18.0 Å². The third-order valence-electron chi connectivity index (χ3n) is 5.42. The third kappa shape index (κ3) is 6.23. The molecule has 0 aromatic heterocycles. The second kappa shape index (κ2) is 10.8. The quantitative estimate of drug-likeness (QED) is 0.563. The maximum absolute atomic E-state index is 12.9. The molecule has 2 amide bonds. The molecular weight excluding hydrogens is 450 g/mol. The maximum Gasteiger partial charge on any atom is 0.261 e. The van der Waals surface area contributed by atoms with Crippen molar-refractivity contribution in [3.63, 3.8) is 0 Å². The molecule has 0 bridgehead atoms. The minimum absolute atomic E-state index is 0.00269. The number of piperidine rings is 1. The van der Waals surface area contributed by atoms with Gasteiger partial charge in [-0.05, 0) is 67.8 Å². The van der Waals surface area contributed by atoms with E-state index in [-0.39, 0.29) is 22.6 Å². The Bertz CT molecular complexity index is 1040. The van der Waals surface area contributed by atoms with Crippen LogP contribution in [-0.4, -0.2) is 44.8 Å². The number of unbranched alkanes of at least 4 members (excludes halogenated alkanes) is 1. The Morgan fingerprint density at radius 3 is 2.44 bits per heavy atom. The van der Waals surface area contributed by atoms with Crippen LogP contribution in [-0.2, 0) is 14.8 Å². The molecule has 0 radical (unpaired) electrons. The van der Waals surface area contributed by atoms with E-state index in [2.05, 4.69) is 17.0 Å². The number of nitrogens with one attached hydrogen (secondary N) is 2. The van der Waals surface area contributed by atoms with Crippen molar-refractivity contribution in [2.45, 2.75) is 37.5 Å². The number of carbonyl (C=O) groups excluding carboxylic acids is 2. The van der Waals surface area contributed by atoms with Gasteiger partial charge in [-0.2, -0.15) is 0 Å². The zero-order valence-corrected chi connectivity index (χ0v) is 19.6. The first-order valence-electron chi connectivity index (χ1n) is 10.8. The van der Waals surface area contributed by atoms with Gasteiger partial charge in [0, 0.05) is 35.9 Å². The first-order chi connectivity index (χ1) is 15.3. The van der Waals surface area contributed by atoms with Crippen molar-refractivity contribution in [3.8, 4) is 0 Å². The van der Waals surface area contributed by atoms with Gasteiger partial charge in [0.1, 0.15) is 0 Å². The van der Waals surface area contributed by atoms with Crippen molar-refractivity contribution in [2.75, 3.05) is 24.4 Å². The lowest BCUT2D eigenvalue weighted by Gasteiger charge is -2.32. The van der Waals surface area contributed by atoms with Crippen LogP contribution in [0.3, 0.4) is 0 Å². The molecular formula is C23H28ClN3O4S. The predicted octanol–water partition coefficient (Wildman–Crippen LogP) is 3.91. The summed E-state index contributed by atoms with van der Waals surface area (Å²) in [7, 11) is -3.76. The summed E-state index contributed by atoms with van der Waals surface area (Å²) in [5.74, 6) is -0.360. The first kappa shape index (κ1) is 24.1. The molecule has 7 nitrogen and oxygen atoms in total. The van der Waals surface area contributed by atoms with Crippen LogP contribution in [0.25, 0.3) is 0 Å². The van der Waals surface area contributed by atoms with Crippen molar-refractivity contribution in [1.29, 1.82) is 0 Å². The van der Waals surface area contributed by atoms with Gasteiger partial charge < -0.3 is 10.2 Å². The molecule has 0 unspecified atom stereocenters. The summed E-state index contributed by atoms with van der Waals surface area (Å²) in [6.07, 6.45) is 3.50. The molecule has 1 heterocycles. The lowest BCUT2D eigenvalue weighted by atomic mass is 9.96. The Hall–Kier alpha value is -2.58. The number of hydrogen-bond donors (Lipinski definition) is 2. The molecule has 2 aromatic carbocycles. The van der Waals surface area contributed by atoms with E-state index in [1.807, 2.05) is 0 Å². The fraction of sp³-hybridized carbons (Fsp3) is 0.391. The summed E-state index contributed by atoms with van der Waals surface area (Å²) in [4.78, 5) is 27.1. The molecule has 3 rings (SSSR count). The van der Waals surface area contributed by atoms with E-state index in [4.69, 9.17) is 11.6 Å². The second-order valence-corrected chi connectivity index (χ2v) is 9.99. The van der Waals surface area contributed by atoms with Gasteiger partial charge in [0.25, 0.3) is 15.9 Å². The fourth-order valence-electron chi connectivity index (χ4n) is 3.60. The van der Waals surface area contributed by atoms with E-state index < -0.39 is 10.0 Å². The molecule has 1 saturated heterocycles. The van der Waals surface area contributed by atoms with Crippen LogP contribution in [0.5, 0.6) is 0 Å². The molecule has 0 aliphatic carbocycles. The van der Waals surface area contributed by atoms with E-state index in [1.54, 1.807) is 29.2 Å². The van der Waals surface area contributed by atoms with Crippen molar-refractivity contribution in [1.82, 2.24) is 10.2 Å². The number of rotatable bonds is 8. The molecule has 32 heavy (non-hydrogen) atoms. The number of benzene rings is 2. The number of amides is 2. The van der Waals surface area contributed by atoms with Gasteiger partial charge in [-0.3, -0.25) is 14.3 Å².